The number of pyridine rings is 1. The summed E-state index contributed by atoms with van der Waals surface area (Å²) in [6.45, 7) is 0.627. The van der Waals surface area contributed by atoms with E-state index in [1.807, 2.05) is 34.9 Å². The van der Waals surface area contributed by atoms with Crippen molar-refractivity contribution >= 4 is 28.8 Å². The van der Waals surface area contributed by atoms with Crippen molar-refractivity contribution in [1.82, 2.24) is 19.9 Å². The standard InChI is InChI=1S/C28H22F2N4OS/c29-23-7-3-5-20(15-23)18-36-28-33-25-9-4-14-31-26(25)34(28)17-19-10-12-21(13-11-19)27(35)32-16-22-6-1-2-8-24(22)30/h1-15H,16-18H2,(H,32,35). The molecule has 0 fully saturated rings. The molecule has 2 heterocycles. The number of fused-ring (bicyclic) bond motifs is 1. The van der Waals surface area contributed by atoms with E-state index in [1.54, 1.807) is 42.6 Å². The molecule has 0 radical (unpaired) electrons. The summed E-state index contributed by atoms with van der Waals surface area (Å²) in [5, 5.41) is 3.53. The van der Waals surface area contributed by atoms with Crippen molar-refractivity contribution in [3.63, 3.8) is 0 Å². The van der Waals surface area contributed by atoms with Gasteiger partial charge in [-0.3, -0.25) is 9.36 Å². The van der Waals surface area contributed by atoms with E-state index in [9.17, 15) is 13.6 Å². The number of amides is 1. The summed E-state index contributed by atoms with van der Waals surface area (Å²) >= 11 is 1.52. The molecule has 1 N–H and O–H groups in total. The van der Waals surface area contributed by atoms with Gasteiger partial charge in [-0.15, -0.1) is 0 Å². The summed E-state index contributed by atoms with van der Waals surface area (Å²) in [4.78, 5) is 21.8. The lowest BCUT2D eigenvalue weighted by atomic mass is 10.1. The molecule has 2 aromatic heterocycles. The average Bonchev–Trinajstić information content (AvgIpc) is 3.24. The summed E-state index contributed by atoms with van der Waals surface area (Å²) in [5.41, 5.74) is 4.31. The van der Waals surface area contributed by atoms with Gasteiger partial charge in [-0.1, -0.05) is 54.2 Å². The number of hydrogen-bond donors (Lipinski definition) is 1. The Labute approximate surface area is 211 Å². The zero-order valence-electron chi connectivity index (χ0n) is 19.2. The maximum absolute atomic E-state index is 13.8. The molecule has 0 bridgehead atoms. The number of carbonyl (C=O) groups excluding carboxylic acids is 1. The molecule has 1 amide bonds. The monoisotopic (exact) mass is 500 g/mol. The summed E-state index contributed by atoms with van der Waals surface area (Å²) in [6, 6.07) is 23.9. The fraction of sp³-hybridized carbons (Fsp3) is 0.107. The molecule has 3 aromatic carbocycles. The Hall–Kier alpha value is -4.04. The van der Waals surface area contributed by atoms with Crippen molar-refractivity contribution in [1.29, 1.82) is 0 Å². The number of halogens is 2. The van der Waals surface area contributed by atoms with Crippen LogP contribution in [0.4, 0.5) is 8.78 Å². The highest BCUT2D eigenvalue weighted by atomic mass is 32.2. The Balaban J connectivity index is 1.31. The smallest absolute Gasteiger partial charge is 0.251 e. The second-order valence-corrected chi connectivity index (χ2v) is 9.16. The normalized spacial score (nSPS) is 11.1. The highest BCUT2D eigenvalue weighted by Gasteiger charge is 2.14. The number of rotatable bonds is 8. The molecular formula is C28H22F2N4OS. The van der Waals surface area contributed by atoms with Gasteiger partial charge in [0.05, 0.1) is 6.54 Å². The van der Waals surface area contributed by atoms with Crippen LogP contribution in [0.5, 0.6) is 0 Å². The van der Waals surface area contributed by atoms with Crippen LogP contribution in [0.1, 0.15) is 27.0 Å². The van der Waals surface area contributed by atoms with Crippen LogP contribution in [-0.4, -0.2) is 20.4 Å². The summed E-state index contributed by atoms with van der Waals surface area (Å²) in [5.74, 6) is -0.310. The molecule has 0 saturated heterocycles. The Bertz CT molecular complexity index is 1520. The number of aromatic nitrogens is 3. The maximum Gasteiger partial charge on any atom is 0.251 e. The number of imidazole rings is 1. The first-order valence-corrected chi connectivity index (χ1v) is 12.3. The fourth-order valence-electron chi connectivity index (χ4n) is 3.83. The Morgan fingerprint density at radius 3 is 2.56 bits per heavy atom. The Morgan fingerprint density at radius 1 is 0.917 bits per heavy atom. The van der Waals surface area contributed by atoms with Crippen LogP contribution in [-0.2, 0) is 18.8 Å². The lowest BCUT2D eigenvalue weighted by Gasteiger charge is -2.10. The van der Waals surface area contributed by atoms with E-state index in [2.05, 4.69) is 10.3 Å². The minimum atomic E-state index is -0.347. The molecule has 8 heteroatoms. The molecule has 36 heavy (non-hydrogen) atoms. The van der Waals surface area contributed by atoms with Gasteiger partial charge in [0.1, 0.15) is 17.2 Å². The number of thioether (sulfide) groups is 1. The van der Waals surface area contributed by atoms with Gasteiger partial charge in [0.25, 0.3) is 5.91 Å². The number of benzene rings is 3. The molecule has 0 aliphatic rings. The Morgan fingerprint density at radius 2 is 1.75 bits per heavy atom. The molecule has 5 rings (SSSR count). The van der Waals surface area contributed by atoms with E-state index in [4.69, 9.17) is 4.98 Å². The Kier molecular flexibility index (Phi) is 7.04. The lowest BCUT2D eigenvalue weighted by molar-refractivity contribution is 0.0950. The third-order valence-electron chi connectivity index (χ3n) is 5.68. The first-order valence-electron chi connectivity index (χ1n) is 11.4. The van der Waals surface area contributed by atoms with Crippen molar-refractivity contribution in [2.75, 3.05) is 0 Å². The number of nitrogens with one attached hydrogen (secondary N) is 1. The summed E-state index contributed by atoms with van der Waals surface area (Å²) < 4.78 is 29.4. The highest BCUT2D eigenvalue weighted by molar-refractivity contribution is 7.98. The second-order valence-electron chi connectivity index (χ2n) is 8.22. The molecule has 0 spiro atoms. The van der Waals surface area contributed by atoms with Crippen LogP contribution in [0.2, 0.25) is 0 Å². The van der Waals surface area contributed by atoms with Gasteiger partial charge in [0.2, 0.25) is 0 Å². The molecule has 5 nitrogen and oxygen atoms in total. The second kappa shape index (κ2) is 10.7. The predicted octanol–water partition coefficient (Wildman–Crippen LogP) is 5.98. The van der Waals surface area contributed by atoms with Gasteiger partial charge in [0.15, 0.2) is 10.8 Å². The van der Waals surface area contributed by atoms with Crippen LogP contribution >= 0.6 is 11.8 Å². The average molecular weight is 501 g/mol. The molecule has 5 aromatic rings. The number of hydrogen-bond acceptors (Lipinski definition) is 4. The van der Waals surface area contributed by atoms with E-state index in [0.29, 0.717) is 23.4 Å². The number of nitrogens with zero attached hydrogens (tertiary/aromatic N) is 3. The minimum Gasteiger partial charge on any atom is -0.348 e. The van der Waals surface area contributed by atoms with Crippen LogP contribution in [0.25, 0.3) is 11.2 Å². The first kappa shape index (κ1) is 23.7. The van der Waals surface area contributed by atoms with Crippen LogP contribution in [0, 0.1) is 11.6 Å². The summed E-state index contributed by atoms with van der Waals surface area (Å²) in [6.07, 6.45) is 1.73. The lowest BCUT2D eigenvalue weighted by Crippen LogP contribution is -2.23. The first-order chi connectivity index (χ1) is 17.6. The number of carbonyl (C=O) groups is 1. The molecule has 0 aliphatic carbocycles. The van der Waals surface area contributed by atoms with Crippen molar-refractivity contribution in [2.45, 2.75) is 24.0 Å². The van der Waals surface area contributed by atoms with Gasteiger partial charge in [-0.2, -0.15) is 0 Å². The molecule has 0 saturated carbocycles. The van der Waals surface area contributed by atoms with Crippen LogP contribution in [0.3, 0.4) is 0 Å². The molecule has 0 atom stereocenters. The van der Waals surface area contributed by atoms with Crippen molar-refractivity contribution in [3.05, 3.63) is 125 Å². The van der Waals surface area contributed by atoms with E-state index < -0.39 is 0 Å². The van der Waals surface area contributed by atoms with E-state index in [0.717, 1.165) is 27.4 Å². The SMILES string of the molecule is O=C(NCc1ccccc1F)c1ccc(Cn2c(SCc3cccc(F)c3)nc3cccnc32)cc1. The van der Waals surface area contributed by atoms with Crippen molar-refractivity contribution in [3.8, 4) is 0 Å². The van der Waals surface area contributed by atoms with Crippen LogP contribution in [0.15, 0.2) is 96.3 Å². The fourth-order valence-corrected chi connectivity index (χ4v) is 4.77. The molecule has 0 unspecified atom stereocenters. The predicted molar refractivity (Wildman–Crippen MR) is 137 cm³/mol. The van der Waals surface area contributed by atoms with Gasteiger partial charge in [0, 0.05) is 29.6 Å². The zero-order chi connectivity index (χ0) is 24.9. The third-order valence-corrected chi connectivity index (χ3v) is 6.73. The largest absolute Gasteiger partial charge is 0.348 e. The molecule has 180 valence electrons. The van der Waals surface area contributed by atoms with E-state index in [-0.39, 0.29) is 24.1 Å². The quantitative estimate of drug-likeness (QED) is 0.266. The van der Waals surface area contributed by atoms with Gasteiger partial charge < -0.3 is 5.32 Å². The highest BCUT2D eigenvalue weighted by Crippen LogP contribution is 2.27. The molecular weight excluding hydrogens is 478 g/mol. The van der Waals surface area contributed by atoms with Crippen molar-refractivity contribution in [2.24, 2.45) is 0 Å². The van der Waals surface area contributed by atoms with Gasteiger partial charge >= 0.3 is 0 Å². The zero-order valence-corrected chi connectivity index (χ0v) is 20.0. The van der Waals surface area contributed by atoms with E-state index >= 15 is 0 Å². The van der Waals surface area contributed by atoms with E-state index in [1.165, 1.54) is 30.0 Å². The van der Waals surface area contributed by atoms with Gasteiger partial charge in [-0.05, 0) is 53.6 Å². The topological polar surface area (TPSA) is 59.8 Å². The molecule has 0 aliphatic heterocycles. The third kappa shape index (κ3) is 5.44. The van der Waals surface area contributed by atoms with Crippen LogP contribution < -0.4 is 5.32 Å². The minimum absolute atomic E-state index is 0.117. The van der Waals surface area contributed by atoms with Crippen molar-refractivity contribution < 1.29 is 13.6 Å². The maximum atomic E-state index is 13.8. The van der Waals surface area contributed by atoms with Gasteiger partial charge in [-0.25, -0.2) is 18.7 Å². The summed E-state index contributed by atoms with van der Waals surface area (Å²) in [7, 11) is 0.